The van der Waals surface area contributed by atoms with Crippen molar-refractivity contribution in [2.24, 2.45) is 0 Å². The Balaban J connectivity index is 2.32. The first kappa shape index (κ1) is 15.7. The first-order valence-corrected chi connectivity index (χ1v) is 6.76. The molecule has 0 aliphatic carbocycles. The van der Waals surface area contributed by atoms with Gasteiger partial charge in [-0.3, -0.25) is 19.3 Å². The van der Waals surface area contributed by atoms with Crippen molar-refractivity contribution < 1.29 is 19.5 Å². The van der Waals surface area contributed by atoms with Crippen LogP contribution in [0.1, 0.15) is 15.9 Å². The number of anilines is 1. The van der Waals surface area contributed by atoms with Gasteiger partial charge in [0.25, 0.3) is 17.7 Å². The van der Waals surface area contributed by atoms with Gasteiger partial charge in [0.05, 0.1) is 24.4 Å². The predicted molar refractivity (Wildman–Crippen MR) is 80.1 cm³/mol. The van der Waals surface area contributed by atoms with Crippen molar-refractivity contribution in [2.75, 3.05) is 25.5 Å². The number of hydrogen-bond acceptors (Lipinski definition) is 5. The molecule has 7 nitrogen and oxygen atoms in total. The Labute approximate surface area is 127 Å². The van der Waals surface area contributed by atoms with Gasteiger partial charge in [-0.15, -0.1) is 0 Å². The minimum absolute atomic E-state index is 0.0601. The van der Waals surface area contributed by atoms with Crippen LogP contribution in [0.25, 0.3) is 0 Å². The van der Waals surface area contributed by atoms with E-state index in [-0.39, 0.29) is 24.8 Å². The van der Waals surface area contributed by atoms with Gasteiger partial charge in [0.15, 0.2) is 0 Å². The second-order valence-electron chi connectivity index (χ2n) is 4.78. The fourth-order valence-corrected chi connectivity index (χ4v) is 2.20. The normalized spacial score (nSPS) is 14.1. The van der Waals surface area contributed by atoms with E-state index < -0.39 is 11.8 Å². The van der Waals surface area contributed by atoms with E-state index in [0.717, 1.165) is 16.5 Å². The summed E-state index contributed by atoms with van der Waals surface area (Å²) in [6, 6.07) is 5.16. The third-order valence-electron chi connectivity index (χ3n) is 3.34. The molecule has 0 radical (unpaired) electrons. The molecule has 0 fully saturated rings. The molecule has 0 saturated carbocycles. The molecular formula is C15H17N3O4. The molecule has 2 rings (SSSR count). The van der Waals surface area contributed by atoms with Crippen LogP contribution in [0.4, 0.5) is 5.69 Å². The van der Waals surface area contributed by atoms with Gasteiger partial charge in [0.1, 0.15) is 5.70 Å². The van der Waals surface area contributed by atoms with Gasteiger partial charge in [-0.05, 0) is 18.6 Å². The maximum atomic E-state index is 12.1. The number of nitrogens with zero attached hydrogens (tertiary/aromatic N) is 1. The van der Waals surface area contributed by atoms with Crippen LogP contribution in [-0.4, -0.2) is 47.9 Å². The molecule has 0 atom stereocenters. The summed E-state index contributed by atoms with van der Waals surface area (Å²) >= 11 is 0. The van der Waals surface area contributed by atoms with Gasteiger partial charge < -0.3 is 15.7 Å². The number of para-hydroxylation sites is 1. The molecule has 0 saturated heterocycles. The molecule has 0 aromatic heterocycles. The van der Waals surface area contributed by atoms with Crippen molar-refractivity contribution in [3.63, 3.8) is 0 Å². The number of rotatable bonds is 5. The molecule has 0 spiro atoms. The molecule has 3 N–H and O–H groups in total. The summed E-state index contributed by atoms with van der Waals surface area (Å²) in [7, 11) is 1.51. The van der Waals surface area contributed by atoms with E-state index in [1.807, 2.05) is 0 Å². The second-order valence-corrected chi connectivity index (χ2v) is 4.78. The lowest BCUT2D eigenvalue weighted by Crippen LogP contribution is -2.34. The van der Waals surface area contributed by atoms with Crippen LogP contribution in [0, 0.1) is 6.92 Å². The molecule has 3 amide bonds. The molecule has 0 unspecified atom stereocenters. The Morgan fingerprint density at radius 3 is 2.68 bits per heavy atom. The average molecular weight is 303 g/mol. The maximum absolute atomic E-state index is 12.1. The average Bonchev–Trinajstić information content (AvgIpc) is 2.76. The van der Waals surface area contributed by atoms with Crippen molar-refractivity contribution in [1.82, 2.24) is 10.2 Å². The molecule has 1 aliphatic heterocycles. The summed E-state index contributed by atoms with van der Waals surface area (Å²) in [6.07, 6.45) is 1.16. The molecular weight excluding hydrogens is 286 g/mol. The predicted octanol–water partition coefficient (Wildman–Crippen LogP) is 0.0115. The highest BCUT2D eigenvalue weighted by molar-refractivity contribution is 6.18. The monoisotopic (exact) mass is 303 g/mol. The Bertz CT molecular complexity index is 667. The van der Waals surface area contributed by atoms with Crippen LogP contribution in [-0.2, 0) is 9.59 Å². The Kier molecular flexibility index (Phi) is 4.57. The van der Waals surface area contributed by atoms with Gasteiger partial charge in [-0.25, -0.2) is 0 Å². The van der Waals surface area contributed by atoms with E-state index in [0.29, 0.717) is 11.3 Å². The highest BCUT2D eigenvalue weighted by atomic mass is 16.3. The zero-order valence-corrected chi connectivity index (χ0v) is 12.3. The number of aliphatic hydroxyl groups excluding tert-OH is 1. The van der Waals surface area contributed by atoms with E-state index in [1.54, 1.807) is 25.1 Å². The first-order chi connectivity index (χ1) is 10.5. The summed E-state index contributed by atoms with van der Waals surface area (Å²) in [5.41, 5.74) is 1.70. The van der Waals surface area contributed by atoms with Crippen LogP contribution in [0.2, 0.25) is 0 Å². The number of hydrogen-bond donors (Lipinski definition) is 3. The molecule has 0 bridgehead atoms. The van der Waals surface area contributed by atoms with Gasteiger partial charge in [-0.1, -0.05) is 12.1 Å². The van der Waals surface area contributed by atoms with Crippen LogP contribution in [0.5, 0.6) is 0 Å². The lowest BCUT2D eigenvalue weighted by molar-refractivity contribution is -0.137. The SMILES string of the molecule is CNC(=O)c1cccc(C)c1NC1=CC(=O)N(CCO)C1=O. The fraction of sp³-hybridized carbons (Fsp3) is 0.267. The Morgan fingerprint density at radius 1 is 1.32 bits per heavy atom. The smallest absolute Gasteiger partial charge is 0.277 e. The Hall–Kier alpha value is -2.67. The van der Waals surface area contributed by atoms with E-state index in [1.165, 1.54) is 7.05 Å². The number of nitrogens with one attached hydrogen (secondary N) is 2. The maximum Gasteiger partial charge on any atom is 0.277 e. The third-order valence-corrected chi connectivity index (χ3v) is 3.34. The number of β-amino-alcohol motifs (C(OH)–C–C–N with tert-alkyl or cyclic N) is 1. The topological polar surface area (TPSA) is 98.7 Å². The summed E-state index contributed by atoms with van der Waals surface area (Å²) < 4.78 is 0. The molecule has 7 heteroatoms. The van der Waals surface area contributed by atoms with Gasteiger partial charge >= 0.3 is 0 Å². The highest BCUT2D eigenvalue weighted by Gasteiger charge is 2.31. The molecule has 1 heterocycles. The molecule has 22 heavy (non-hydrogen) atoms. The standard InChI is InChI=1S/C15H17N3O4/c1-9-4-3-5-10(14(21)16-2)13(9)17-11-8-12(20)18(6-7-19)15(11)22/h3-5,8,17,19H,6-7H2,1-2H3,(H,16,21). The molecule has 1 aliphatic rings. The van der Waals surface area contributed by atoms with Crippen molar-refractivity contribution in [1.29, 1.82) is 0 Å². The minimum atomic E-state index is -0.523. The van der Waals surface area contributed by atoms with Crippen LogP contribution < -0.4 is 10.6 Å². The minimum Gasteiger partial charge on any atom is -0.395 e. The van der Waals surface area contributed by atoms with Crippen molar-refractivity contribution in [2.45, 2.75) is 6.92 Å². The van der Waals surface area contributed by atoms with Gasteiger partial charge in [0, 0.05) is 13.1 Å². The second kappa shape index (κ2) is 6.40. The lowest BCUT2D eigenvalue weighted by atomic mass is 10.1. The largest absolute Gasteiger partial charge is 0.395 e. The van der Waals surface area contributed by atoms with Crippen molar-refractivity contribution in [3.05, 3.63) is 41.1 Å². The summed E-state index contributed by atoms with van der Waals surface area (Å²) in [6.45, 7) is 1.43. The molecule has 1 aromatic rings. The van der Waals surface area contributed by atoms with Crippen LogP contribution >= 0.6 is 0 Å². The van der Waals surface area contributed by atoms with Crippen molar-refractivity contribution >= 4 is 23.4 Å². The van der Waals surface area contributed by atoms with Crippen LogP contribution in [0.15, 0.2) is 30.0 Å². The van der Waals surface area contributed by atoms with E-state index >= 15 is 0 Å². The zero-order chi connectivity index (χ0) is 16.3. The molecule has 1 aromatic carbocycles. The summed E-state index contributed by atoms with van der Waals surface area (Å²) in [4.78, 5) is 36.7. The number of aryl methyl sites for hydroxylation is 1. The Morgan fingerprint density at radius 2 is 2.05 bits per heavy atom. The summed E-state index contributed by atoms with van der Waals surface area (Å²) in [5.74, 6) is -1.31. The highest BCUT2D eigenvalue weighted by Crippen LogP contribution is 2.24. The third kappa shape index (κ3) is 2.84. The quantitative estimate of drug-likeness (QED) is 0.666. The lowest BCUT2D eigenvalue weighted by Gasteiger charge is -2.16. The first-order valence-electron chi connectivity index (χ1n) is 6.76. The number of carbonyl (C=O) groups excluding carboxylic acids is 3. The zero-order valence-electron chi connectivity index (χ0n) is 12.3. The number of carbonyl (C=O) groups is 3. The van der Waals surface area contributed by atoms with E-state index in [9.17, 15) is 14.4 Å². The number of amides is 3. The van der Waals surface area contributed by atoms with Gasteiger partial charge in [-0.2, -0.15) is 0 Å². The van der Waals surface area contributed by atoms with E-state index in [2.05, 4.69) is 10.6 Å². The number of benzene rings is 1. The van der Waals surface area contributed by atoms with Crippen LogP contribution in [0.3, 0.4) is 0 Å². The van der Waals surface area contributed by atoms with Gasteiger partial charge in [0.2, 0.25) is 0 Å². The molecule has 116 valence electrons. The summed E-state index contributed by atoms with van der Waals surface area (Å²) in [5, 5.41) is 14.3. The number of imide groups is 1. The van der Waals surface area contributed by atoms with E-state index in [4.69, 9.17) is 5.11 Å². The van der Waals surface area contributed by atoms with Crippen molar-refractivity contribution in [3.8, 4) is 0 Å². The fourth-order valence-electron chi connectivity index (χ4n) is 2.20. The number of aliphatic hydroxyl groups is 1.